The maximum atomic E-state index is 5.87. The van der Waals surface area contributed by atoms with Gasteiger partial charge in [-0.2, -0.15) is 0 Å². The van der Waals surface area contributed by atoms with Gasteiger partial charge in [0, 0.05) is 28.9 Å². The van der Waals surface area contributed by atoms with E-state index < -0.39 is 0 Å². The summed E-state index contributed by atoms with van der Waals surface area (Å²) in [7, 11) is 5.62. The average Bonchev–Trinajstić information content (AvgIpc) is 2.94. The number of hydrogen-bond acceptors (Lipinski definition) is 4. The van der Waals surface area contributed by atoms with E-state index in [1.165, 1.54) is 5.56 Å². The van der Waals surface area contributed by atoms with Gasteiger partial charge in [0.1, 0.15) is 11.5 Å². The predicted octanol–water partition coefficient (Wildman–Crippen LogP) is 2.81. The summed E-state index contributed by atoms with van der Waals surface area (Å²) in [6.07, 6.45) is 1.06. The summed E-state index contributed by atoms with van der Waals surface area (Å²) in [5.41, 5.74) is 7.06. The lowest BCUT2D eigenvalue weighted by atomic mass is 9.95. The van der Waals surface area contributed by atoms with E-state index in [0.717, 1.165) is 41.8 Å². The number of likely N-dealkylation sites (tertiary alicyclic amines) is 1. The summed E-state index contributed by atoms with van der Waals surface area (Å²) in [4.78, 5) is 2.36. The minimum absolute atomic E-state index is 0.321. The van der Waals surface area contributed by atoms with Crippen molar-refractivity contribution in [3.8, 4) is 11.5 Å². The van der Waals surface area contributed by atoms with E-state index in [0.29, 0.717) is 12.0 Å². The molecule has 0 aliphatic carbocycles. The number of nitrogens with zero attached hydrogens (tertiary/aromatic N) is 1. The van der Waals surface area contributed by atoms with Crippen LogP contribution in [0.5, 0.6) is 11.5 Å². The van der Waals surface area contributed by atoms with E-state index in [1.54, 1.807) is 14.2 Å². The second-order valence-corrected chi connectivity index (χ2v) is 6.04. The summed E-state index contributed by atoms with van der Waals surface area (Å²) < 4.78 is 11.4. The van der Waals surface area contributed by atoms with Crippen molar-refractivity contribution >= 4 is 10.8 Å². The van der Waals surface area contributed by atoms with Crippen LogP contribution in [0.4, 0.5) is 0 Å². The molecule has 1 aliphatic heterocycles. The van der Waals surface area contributed by atoms with Crippen molar-refractivity contribution in [2.45, 2.75) is 12.5 Å². The van der Waals surface area contributed by atoms with Crippen LogP contribution < -0.4 is 15.2 Å². The van der Waals surface area contributed by atoms with Crippen LogP contribution in [0.25, 0.3) is 10.8 Å². The maximum Gasteiger partial charge on any atom is 0.131 e. The van der Waals surface area contributed by atoms with Crippen LogP contribution in [0.3, 0.4) is 0 Å². The number of hydrogen-bond donors (Lipinski definition) is 1. The molecule has 4 nitrogen and oxygen atoms in total. The lowest BCUT2D eigenvalue weighted by Crippen LogP contribution is -2.21. The van der Waals surface area contributed by atoms with Crippen molar-refractivity contribution in [3.05, 3.63) is 35.9 Å². The molecular formula is C18H24N2O2. The Kier molecular flexibility index (Phi) is 4.23. The van der Waals surface area contributed by atoms with E-state index in [1.807, 2.05) is 12.1 Å². The van der Waals surface area contributed by atoms with E-state index in [9.17, 15) is 0 Å². The van der Waals surface area contributed by atoms with Gasteiger partial charge in [-0.3, -0.25) is 4.90 Å². The first kappa shape index (κ1) is 15.1. The van der Waals surface area contributed by atoms with Gasteiger partial charge in [-0.1, -0.05) is 24.3 Å². The minimum atomic E-state index is 0.321. The van der Waals surface area contributed by atoms with E-state index >= 15 is 0 Å². The molecule has 2 aromatic rings. The van der Waals surface area contributed by atoms with E-state index in [4.69, 9.17) is 15.2 Å². The maximum absolute atomic E-state index is 5.87. The van der Waals surface area contributed by atoms with Gasteiger partial charge in [0.05, 0.1) is 14.2 Å². The van der Waals surface area contributed by atoms with Crippen LogP contribution in [0.2, 0.25) is 0 Å². The van der Waals surface area contributed by atoms with Crippen molar-refractivity contribution in [2.24, 2.45) is 11.7 Å². The van der Waals surface area contributed by atoms with Gasteiger partial charge in [0.25, 0.3) is 0 Å². The molecule has 0 aromatic heterocycles. The molecule has 2 aromatic carbocycles. The van der Waals surface area contributed by atoms with E-state index in [2.05, 4.69) is 30.1 Å². The fraction of sp³-hybridized carbons (Fsp3) is 0.444. The molecule has 1 fully saturated rings. The third kappa shape index (κ3) is 2.42. The molecule has 2 atom stereocenters. The second-order valence-electron chi connectivity index (χ2n) is 6.04. The molecule has 118 valence electrons. The number of rotatable bonds is 4. The molecule has 1 saturated heterocycles. The topological polar surface area (TPSA) is 47.7 Å². The van der Waals surface area contributed by atoms with Crippen LogP contribution >= 0.6 is 0 Å². The molecule has 0 spiro atoms. The largest absolute Gasteiger partial charge is 0.496 e. The summed E-state index contributed by atoms with van der Waals surface area (Å²) in [5.74, 6) is 2.39. The number of nitrogens with two attached hydrogens (primary N) is 1. The Balaban J connectivity index is 2.17. The zero-order valence-corrected chi connectivity index (χ0v) is 13.5. The molecular weight excluding hydrogens is 276 g/mol. The zero-order chi connectivity index (χ0) is 15.7. The molecule has 2 unspecified atom stereocenters. The number of ether oxygens (including phenoxy) is 2. The molecule has 0 radical (unpaired) electrons. The highest BCUT2D eigenvalue weighted by atomic mass is 16.5. The molecule has 0 saturated carbocycles. The van der Waals surface area contributed by atoms with Crippen molar-refractivity contribution in [3.63, 3.8) is 0 Å². The van der Waals surface area contributed by atoms with Gasteiger partial charge in [-0.05, 0) is 32.0 Å². The van der Waals surface area contributed by atoms with Crippen molar-refractivity contribution in [2.75, 3.05) is 34.4 Å². The Labute approximate surface area is 131 Å². The third-order valence-electron chi connectivity index (χ3n) is 4.74. The molecule has 0 bridgehead atoms. The SMILES string of the molecule is COc1cc(C2CC(CN)CN2C)c(OC)c2ccccc12. The number of benzene rings is 2. The zero-order valence-electron chi connectivity index (χ0n) is 13.5. The van der Waals surface area contributed by atoms with Gasteiger partial charge < -0.3 is 15.2 Å². The van der Waals surface area contributed by atoms with Crippen LogP contribution in [-0.4, -0.2) is 39.3 Å². The first-order valence-electron chi connectivity index (χ1n) is 7.73. The lowest BCUT2D eigenvalue weighted by Gasteiger charge is -2.24. The van der Waals surface area contributed by atoms with Crippen LogP contribution in [0, 0.1) is 5.92 Å². The van der Waals surface area contributed by atoms with Gasteiger partial charge in [-0.25, -0.2) is 0 Å². The summed E-state index contributed by atoms with van der Waals surface area (Å²) in [5, 5.41) is 2.19. The highest BCUT2D eigenvalue weighted by Gasteiger charge is 2.32. The first-order valence-corrected chi connectivity index (χ1v) is 7.73. The predicted molar refractivity (Wildman–Crippen MR) is 89.6 cm³/mol. The lowest BCUT2D eigenvalue weighted by molar-refractivity contribution is 0.302. The fourth-order valence-corrected chi connectivity index (χ4v) is 3.62. The normalized spacial score (nSPS) is 22.2. The van der Waals surface area contributed by atoms with Crippen LogP contribution in [0.1, 0.15) is 18.0 Å². The molecule has 1 heterocycles. The van der Waals surface area contributed by atoms with Crippen molar-refractivity contribution in [1.82, 2.24) is 4.90 Å². The Morgan fingerprint density at radius 2 is 1.91 bits per heavy atom. The Morgan fingerprint density at radius 1 is 1.18 bits per heavy atom. The van der Waals surface area contributed by atoms with Crippen molar-refractivity contribution < 1.29 is 9.47 Å². The number of fused-ring (bicyclic) bond motifs is 1. The monoisotopic (exact) mass is 300 g/mol. The molecule has 1 aliphatic rings. The molecule has 4 heteroatoms. The van der Waals surface area contributed by atoms with E-state index in [-0.39, 0.29) is 0 Å². The number of methoxy groups -OCH3 is 2. The fourth-order valence-electron chi connectivity index (χ4n) is 3.62. The van der Waals surface area contributed by atoms with Crippen LogP contribution in [0.15, 0.2) is 30.3 Å². The quantitative estimate of drug-likeness (QED) is 0.943. The van der Waals surface area contributed by atoms with Gasteiger partial charge >= 0.3 is 0 Å². The molecule has 22 heavy (non-hydrogen) atoms. The minimum Gasteiger partial charge on any atom is -0.496 e. The molecule has 2 N–H and O–H groups in total. The first-order chi connectivity index (χ1) is 10.7. The summed E-state index contributed by atoms with van der Waals surface area (Å²) >= 11 is 0. The standard InChI is InChI=1S/C18H24N2O2/c1-20-11-12(10-19)8-16(20)15-9-17(21-2)13-6-4-5-7-14(13)18(15)22-3/h4-7,9,12,16H,8,10-11,19H2,1-3H3. The third-order valence-corrected chi connectivity index (χ3v) is 4.74. The van der Waals surface area contributed by atoms with Gasteiger partial charge in [0.2, 0.25) is 0 Å². The van der Waals surface area contributed by atoms with Gasteiger partial charge in [0.15, 0.2) is 0 Å². The average molecular weight is 300 g/mol. The highest BCUT2D eigenvalue weighted by Crippen LogP contribution is 2.44. The highest BCUT2D eigenvalue weighted by molar-refractivity contribution is 5.94. The summed E-state index contributed by atoms with van der Waals surface area (Å²) in [6, 6.07) is 10.7. The Morgan fingerprint density at radius 3 is 2.50 bits per heavy atom. The van der Waals surface area contributed by atoms with Gasteiger partial charge in [-0.15, -0.1) is 0 Å². The Hall–Kier alpha value is -1.78. The smallest absolute Gasteiger partial charge is 0.131 e. The Bertz CT molecular complexity index is 671. The van der Waals surface area contributed by atoms with Crippen LogP contribution in [-0.2, 0) is 0 Å². The van der Waals surface area contributed by atoms with Crippen molar-refractivity contribution in [1.29, 1.82) is 0 Å². The second kappa shape index (κ2) is 6.15. The summed E-state index contributed by atoms with van der Waals surface area (Å²) in [6.45, 7) is 1.76. The molecule has 3 rings (SSSR count). The molecule has 0 amide bonds.